The highest BCUT2D eigenvalue weighted by Gasteiger charge is 2.22. The predicted octanol–water partition coefficient (Wildman–Crippen LogP) is -0.112. The number of guanidine groups is 1. The summed E-state index contributed by atoms with van der Waals surface area (Å²) in [5.41, 5.74) is 17.2. The van der Waals surface area contributed by atoms with Crippen molar-refractivity contribution in [2.24, 2.45) is 16.5 Å². The van der Waals surface area contributed by atoms with Crippen LogP contribution in [0.4, 0.5) is 5.69 Å². The first-order valence-electron chi connectivity index (χ1n) is 6.81. The van der Waals surface area contributed by atoms with Gasteiger partial charge in [0.15, 0.2) is 15.8 Å². The van der Waals surface area contributed by atoms with Crippen LogP contribution in [0, 0.1) is 13.8 Å². The fourth-order valence-electron chi connectivity index (χ4n) is 2.29. The average Bonchev–Trinajstić information content (AvgIpc) is 2.74. The van der Waals surface area contributed by atoms with Crippen LogP contribution >= 0.6 is 0 Å². The summed E-state index contributed by atoms with van der Waals surface area (Å²) in [4.78, 5) is 19.6. The van der Waals surface area contributed by atoms with Crippen LogP contribution in [0.3, 0.4) is 0 Å². The first-order valence-corrected chi connectivity index (χ1v) is 8.70. The molecule has 1 heterocycles. The Morgan fingerprint density at radius 2 is 1.88 bits per heavy atom. The van der Waals surface area contributed by atoms with Crippen molar-refractivity contribution in [3.63, 3.8) is 0 Å². The number of hydrogen-bond donors (Lipinski definition) is 3. The summed E-state index contributed by atoms with van der Waals surface area (Å²) in [5, 5.41) is 0. The van der Waals surface area contributed by atoms with Crippen LogP contribution in [0.25, 0.3) is 5.69 Å². The van der Waals surface area contributed by atoms with E-state index in [2.05, 4.69) is 9.98 Å². The van der Waals surface area contributed by atoms with Gasteiger partial charge in [-0.05, 0) is 26.0 Å². The van der Waals surface area contributed by atoms with Crippen LogP contribution in [-0.2, 0) is 9.84 Å². The van der Waals surface area contributed by atoms with Gasteiger partial charge in [0.25, 0.3) is 5.91 Å². The Balaban J connectivity index is 2.79. The van der Waals surface area contributed by atoms with Gasteiger partial charge in [0.05, 0.1) is 21.8 Å². The first-order chi connectivity index (χ1) is 11.0. The van der Waals surface area contributed by atoms with Gasteiger partial charge in [-0.2, -0.15) is 4.99 Å². The lowest BCUT2D eigenvalue weighted by molar-refractivity contribution is 0.100. The minimum Gasteiger partial charge on any atom is -0.398 e. The number of nitrogen functional groups attached to an aromatic ring is 1. The van der Waals surface area contributed by atoms with E-state index in [1.165, 1.54) is 12.1 Å². The zero-order valence-electron chi connectivity index (χ0n) is 13.4. The summed E-state index contributed by atoms with van der Waals surface area (Å²) in [6, 6.07) is 2.56. The number of sulfone groups is 1. The molecule has 128 valence electrons. The quantitative estimate of drug-likeness (QED) is 0.395. The van der Waals surface area contributed by atoms with Crippen LogP contribution in [0.5, 0.6) is 0 Å². The zero-order valence-corrected chi connectivity index (χ0v) is 14.3. The van der Waals surface area contributed by atoms with E-state index in [9.17, 15) is 13.2 Å². The van der Waals surface area contributed by atoms with Crippen molar-refractivity contribution in [3.05, 3.63) is 35.4 Å². The SMILES string of the molecule is Cc1cn(-c2cc(N)c(C(=O)N=C(N)N)cc2S(C)(=O)=O)c(C)n1. The summed E-state index contributed by atoms with van der Waals surface area (Å²) in [6.07, 6.45) is 2.71. The topological polar surface area (TPSA) is 159 Å². The summed E-state index contributed by atoms with van der Waals surface area (Å²) in [5.74, 6) is -0.673. The first kappa shape index (κ1) is 17.5. The van der Waals surface area contributed by atoms with Crippen LogP contribution in [0.1, 0.15) is 21.9 Å². The van der Waals surface area contributed by atoms with Crippen molar-refractivity contribution >= 4 is 27.4 Å². The van der Waals surface area contributed by atoms with Crippen LogP contribution in [0.15, 0.2) is 28.2 Å². The number of carbonyl (C=O) groups excluding carboxylic acids is 1. The molecule has 6 N–H and O–H groups in total. The fourth-order valence-corrected chi connectivity index (χ4v) is 3.16. The maximum Gasteiger partial charge on any atom is 0.282 e. The molecule has 0 atom stereocenters. The van der Waals surface area contributed by atoms with Crippen molar-refractivity contribution < 1.29 is 13.2 Å². The summed E-state index contributed by atoms with van der Waals surface area (Å²) < 4.78 is 26.0. The largest absolute Gasteiger partial charge is 0.398 e. The van der Waals surface area contributed by atoms with E-state index in [0.717, 1.165) is 6.26 Å². The standard InChI is InChI=1S/C14H18N6O3S/c1-7-6-20(8(2)18-7)11-5-10(15)9(13(21)19-14(16)17)4-12(11)24(3,22)23/h4-6H,15H2,1-3H3,(H4,16,17,19,21). The number of anilines is 1. The molecule has 2 rings (SSSR count). The van der Waals surface area contributed by atoms with E-state index in [0.29, 0.717) is 17.2 Å². The molecule has 0 saturated carbocycles. The molecule has 0 spiro atoms. The molecule has 0 saturated heterocycles. The monoisotopic (exact) mass is 350 g/mol. The molecular formula is C14H18N6O3S. The number of amides is 1. The number of aryl methyl sites for hydroxylation is 2. The van der Waals surface area contributed by atoms with Gasteiger partial charge in [0.2, 0.25) is 0 Å². The highest BCUT2D eigenvalue weighted by molar-refractivity contribution is 7.90. The molecule has 0 bridgehead atoms. The van der Waals surface area contributed by atoms with Gasteiger partial charge >= 0.3 is 0 Å². The van der Waals surface area contributed by atoms with E-state index in [1.54, 1.807) is 24.6 Å². The number of benzene rings is 1. The Morgan fingerprint density at radius 3 is 2.33 bits per heavy atom. The van der Waals surface area contributed by atoms with Gasteiger partial charge in [0.1, 0.15) is 5.82 Å². The van der Waals surface area contributed by atoms with Gasteiger partial charge in [-0.15, -0.1) is 0 Å². The highest BCUT2D eigenvalue weighted by atomic mass is 32.2. The van der Waals surface area contributed by atoms with Crippen molar-refractivity contribution in [2.45, 2.75) is 18.7 Å². The minimum atomic E-state index is -3.66. The van der Waals surface area contributed by atoms with Crippen molar-refractivity contribution in [1.29, 1.82) is 0 Å². The Labute approximate surface area is 139 Å². The van der Waals surface area contributed by atoms with Gasteiger partial charge in [-0.25, -0.2) is 13.4 Å². The Kier molecular flexibility index (Phi) is 4.34. The minimum absolute atomic E-state index is 0.0538. The highest BCUT2D eigenvalue weighted by Crippen LogP contribution is 2.28. The molecule has 0 aliphatic heterocycles. The third-order valence-electron chi connectivity index (χ3n) is 3.25. The second-order valence-corrected chi connectivity index (χ2v) is 7.30. The molecule has 0 radical (unpaired) electrons. The van der Waals surface area contributed by atoms with E-state index in [4.69, 9.17) is 17.2 Å². The number of aliphatic imine (C=N–C) groups is 1. The molecule has 24 heavy (non-hydrogen) atoms. The van der Waals surface area contributed by atoms with E-state index in [1.807, 2.05) is 0 Å². The second kappa shape index (κ2) is 5.96. The van der Waals surface area contributed by atoms with Crippen LogP contribution < -0.4 is 17.2 Å². The summed E-state index contributed by atoms with van der Waals surface area (Å²) in [7, 11) is -3.66. The zero-order chi connectivity index (χ0) is 18.2. The molecule has 1 amide bonds. The molecule has 0 unspecified atom stereocenters. The number of carbonyl (C=O) groups is 1. The van der Waals surface area contributed by atoms with E-state index < -0.39 is 21.7 Å². The lowest BCUT2D eigenvalue weighted by atomic mass is 10.1. The second-order valence-electron chi connectivity index (χ2n) is 5.32. The number of hydrogen-bond acceptors (Lipinski definition) is 5. The Morgan fingerprint density at radius 1 is 1.25 bits per heavy atom. The van der Waals surface area contributed by atoms with Crippen molar-refractivity contribution in [3.8, 4) is 5.69 Å². The number of nitrogens with two attached hydrogens (primary N) is 3. The van der Waals surface area contributed by atoms with E-state index in [-0.39, 0.29) is 16.1 Å². The van der Waals surface area contributed by atoms with Gasteiger partial charge in [0, 0.05) is 18.1 Å². The Hall–Kier alpha value is -2.88. The van der Waals surface area contributed by atoms with Gasteiger partial charge in [-0.3, -0.25) is 4.79 Å². The predicted molar refractivity (Wildman–Crippen MR) is 90.7 cm³/mol. The lowest BCUT2D eigenvalue weighted by Crippen LogP contribution is -2.24. The van der Waals surface area contributed by atoms with Crippen molar-refractivity contribution in [1.82, 2.24) is 9.55 Å². The Bertz CT molecular complexity index is 955. The third-order valence-corrected chi connectivity index (χ3v) is 4.38. The van der Waals surface area contributed by atoms with Gasteiger partial charge < -0.3 is 21.8 Å². The fraction of sp³-hybridized carbons (Fsp3) is 0.214. The maximum absolute atomic E-state index is 12.2. The normalized spacial score (nSPS) is 11.3. The molecule has 10 heteroatoms. The number of aromatic nitrogens is 2. The number of imidazole rings is 1. The third kappa shape index (κ3) is 3.38. The average molecular weight is 350 g/mol. The van der Waals surface area contributed by atoms with E-state index >= 15 is 0 Å². The van der Waals surface area contributed by atoms with Gasteiger partial charge in [-0.1, -0.05) is 0 Å². The van der Waals surface area contributed by atoms with Crippen molar-refractivity contribution in [2.75, 3.05) is 12.0 Å². The maximum atomic E-state index is 12.2. The molecular weight excluding hydrogens is 332 g/mol. The smallest absolute Gasteiger partial charge is 0.282 e. The molecule has 0 aliphatic rings. The molecule has 0 aliphatic carbocycles. The molecule has 9 nitrogen and oxygen atoms in total. The number of rotatable bonds is 3. The van der Waals surface area contributed by atoms with Crippen LogP contribution in [0.2, 0.25) is 0 Å². The molecule has 2 aromatic rings. The van der Waals surface area contributed by atoms with Crippen LogP contribution in [-0.4, -0.2) is 36.1 Å². The molecule has 0 fully saturated rings. The summed E-state index contributed by atoms with van der Waals surface area (Å²) >= 11 is 0. The lowest BCUT2D eigenvalue weighted by Gasteiger charge is -2.13. The summed E-state index contributed by atoms with van der Waals surface area (Å²) in [6.45, 7) is 3.51. The molecule has 1 aromatic carbocycles. The number of nitrogens with zero attached hydrogens (tertiary/aromatic N) is 3. The molecule has 1 aromatic heterocycles.